The standard InChI is InChI=1S/C17H15F3N2O2S/c1-10(23)12-3-6-14(7-4-12)22-16(24)11(2)25-15-8-5-13(9-21-15)17(18,19)20/h3-9,11H,1-2H3,(H,22,24). The molecule has 1 unspecified atom stereocenters. The molecule has 0 aliphatic rings. The van der Waals surface area contributed by atoms with Crippen LogP contribution in [-0.4, -0.2) is 21.9 Å². The van der Waals surface area contributed by atoms with Gasteiger partial charge in [0.05, 0.1) is 15.8 Å². The Bertz CT molecular complexity index is 759. The largest absolute Gasteiger partial charge is 0.417 e. The molecule has 0 fully saturated rings. The number of halogens is 3. The van der Waals surface area contributed by atoms with Crippen molar-refractivity contribution in [3.63, 3.8) is 0 Å². The van der Waals surface area contributed by atoms with Gasteiger partial charge in [-0.3, -0.25) is 9.59 Å². The van der Waals surface area contributed by atoms with Crippen LogP contribution in [0.3, 0.4) is 0 Å². The Morgan fingerprint density at radius 3 is 2.24 bits per heavy atom. The molecule has 0 radical (unpaired) electrons. The second-order valence-electron chi connectivity index (χ2n) is 5.27. The number of nitrogens with zero attached hydrogens (tertiary/aromatic N) is 1. The minimum absolute atomic E-state index is 0.0739. The Labute approximate surface area is 146 Å². The van der Waals surface area contributed by atoms with Crippen LogP contribution in [-0.2, 0) is 11.0 Å². The number of thioether (sulfide) groups is 1. The molecule has 1 atom stereocenters. The van der Waals surface area contributed by atoms with Crippen LogP contribution in [0.1, 0.15) is 29.8 Å². The quantitative estimate of drug-likeness (QED) is 0.627. The summed E-state index contributed by atoms with van der Waals surface area (Å²) in [7, 11) is 0. The van der Waals surface area contributed by atoms with Crippen LogP contribution < -0.4 is 5.32 Å². The zero-order valence-corrected chi connectivity index (χ0v) is 14.2. The van der Waals surface area contributed by atoms with Crippen molar-refractivity contribution in [1.29, 1.82) is 0 Å². The molecule has 0 aliphatic heterocycles. The first kappa shape index (κ1) is 19.0. The van der Waals surface area contributed by atoms with E-state index in [0.29, 0.717) is 16.3 Å². The van der Waals surface area contributed by atoms with Crippen molar-refractivity contribution in [3.8, 4) is 0 Å². The monoisotopic (exact) mass is 368 g/mol. The van der Waals surface area contributed by atoms with Gasteiger partial charge >= 0.3 is 6.18 Å². The van der Waals surface area contributed by atoms with Crippen LogP contribution in [0.4, 0.5) is 18.9 Å². The minimum Gasteiger partial charge on any atom is -0.325 e. The third-order valence-electron chi connectivity index (χ3n) is 3.29. The number of nitrogens with one attached hydrogen (secondary N) is 1. The number of anilines is 1. The maximum Gasteiger partial charge on any atom is 0.417 e. The molecule has 132 valence electrons. The van der Waals surface area contributed by atoms with Crippen molar-refractivity contribution in [2.24, 2.45) is 0 Å². The molecule has 1 aromatic carbocycles. The average molecular weight is 368 g/mol. The number of benzene rings is 1. The van der Waals surface area contributed by atoms with E-state index in [0.717, 1.165) is 24.0 Å². The molecule has 0 aliphatic carbocycles. The summed E-state index contributed by atoms with van der Waals surface area (Å²) >= 11 is 1.05. The van der Waals surface area contributed by atoms with Gasteiger partial charge in [-0.1, -0.05) is 11.8 Å². The van der Waals surface area contributed by atoms with E-state index in [2.05, 4.69) is 10.3 Å². The van der Waals surface area contributed by atoms with Crippen molar-refractivity contribution in [2.45, 2.75) is 30.3 Å². The first-order valence-corrected chi connectivity index (χ1v) is 8.16. The van der Waals surface area contributed by atoms with E-state index in [-0.39, 0.29) is 11.7 Å². The number of hydrogen-bond donors (Lipinski definition) is 1. The maximum absolute atomic E-state index is 12.5. The number of Topliss-reactive ketones (excluding diaryl/α,β-unsaturated/α-hetero) is 1. The predicted octanol–water partition coefficient (Wildman–Crippen LogP) is 4.42. The summed E-state index contributed by atoms with van der Waals surface area (Å²) in [5.74, 6) is -0.391. The summed E-state index contributed by atoms with van der Waals surface area (Å²) in [6.45, 7) is 3.08. The summed E-state index contributed by atoms with van der Waals surface area (Å²) in [5, 5.41) is 2.45. The highest BCUT2D eigenvalue weighted by Gasteiger charge is 2.30. The van der Waals surface area contributed by atoms with Gasteiger partial charge in [0, 0.05) is 17.4 Å². The number of carbonyl (C=O) groups excluding carboxylic acids is 2. The number of aromatic nitrogens is 1. The molecule has 1 aromatic heterocycles. The SMILES string of the molecule is CC(=O)c1ccc(NC(=O)C(C)Sc2ccc(C(F)(F)F)cn2)cc1. The predicted molar refractivity (Wildman–Crippen MR) is 89.6 cm³/mol. The third-order valence-corrected chi connectivity index (χ3v) is 4.34. The van der Waals surface area contributed by atoms with Gasteiger partial charge in [0.1, 0.15) is 0 Å². The van der Waals surface area contributed by atoms with Crippen molar-refractivity contribution in [1.82, 2.24) is 4.98 Å². The van der Waals surface area contributed by atoms with Gasteiger partial charge in [-0.05, 0) is 50.2 Å². The van der Waals surface area contributed by atoms with Gasteiger partial charge in [-0.15, -0.1) is 0 Å². The number of alkyl halides is 3. The molecule has 8 heteroatoms. The van der Waals surface area contributed by atoms with E-state index in [1.807, 2.05) is 0 Å². The van der Waals surface area contributed by atoms with Crippen LogP contribution in [0, 0.1) is 0 Å². The second-order valence-corrected chi connectivity index (χ2v) is 6.63. The van der Waals surface area contributed by atoms with Gasteiger partial charge in [-0.2, -0.15) is 13.2 Å². The highest BCUT2D eigenvalue weighted by molar-refractivity contribution is 8.00. The third kappa shape index (κ3) is 5.32. The Morgan fingerprint density at radius 1 is 1.12 bits per heavy atom. The lowest BCUT2D eigenvalue weighted by molar-refractivity contribution is -0.137. The number of ketones is 1. The van der Waals surface area contributed by atoms with Crippen molar-refractivity contribution in [3.05, 3.63) is 53.7 Å². The lowest BCUT2D eigenvalue weighted by atomic mass is 10.1. The Balaban J connectivity index is 1.96. The first-order chi connectivity index (χ1) is 11.7. The molecular formula is C17H15F3N2O2S. The molecule has 1 amide bonds. The first-order valence-electron chi connectivity index (χ1n) is 7.28. The molecule has 0 saturated carbocycles. The van der Waals surface area contributed by atoms with Gasteiger partial charge in [0.2, 0.25) is 5.91 Å². The summed E-state index contributed by atoms with van der Waals surface area (Å²) in [4.78, 5) is 27.1. The Hall–Kier alpha value is -2.35. The Kier molecular flexibility index (Phi) is 5.84. The fourth-order valence-electron chi connectivity index (χ4n) is 1.88. The number of pyridine rings is 1. The van der Waals surface area contributed by atoms with E-state index in [1.54, 1.807) is 31.2 Å². The zero-order valence-electron chi connectivity index (χ0n) is 13.4. The van der Waals surface area contributed by atoms with Gasteiger partial charge in [0.25, 0.3) is 0 Å². The fraction of sp³-hybridized carbons (Fsp3) is 0.235. The number of rotatable bonds is 5. The molecule has 0 spiro atoms. The summed E-state index contributed by atoms with van der Waals surface area (Å²) < 4.78 is 37.5. The van der Waals surface area contributed by atoms with Crippen molar-refractivity contribution >= 4 is 29.1 Å². The zero-order chi connectivity index (χ0) is 18.6. The number of carbonyl (C=O) groups is 2. The molecule has 2 rings (SSSR count). The summed E-state index contributed by atoms with van der Waals surface area (Å²) in [5.41, 5.74) is 0.233. The normalized spacial score (nSPS) is 12.5. The lowest BCUT2D eigenvalue weighted by Crippen LogP contribution is -2.22. The van der Waals surface area contributed by atoms with Crippen molar-refractivity contribution in [2.75, 3.05) is 5.32 Å². The molecule has 1 heterocycles. The number of amides is 1. The van der Waals surface area contributed by atoms with E-state index >= 15 is 0 Å². The van der Waals surface area contributed by atoms with E-state index < -0.39 is 17.0 Å². The van der Waals surface area contributed by atoms with Crippen LogP contribution >= 0.6 is 11.8 Å². The molecule has 1 N–H and O–H groups in total. The van der Waals surface area contributed by atoms with Gasteiger partial charge in [0.15, 0.2) is 5.78 Å². The summed E-state index contributed by atoms with van der Waals surface area (Å²) in [6, 6.07) is 8.60. The molecule has 4 nitrogen and oxygen atoms in total. The Morgan fingerprint density at radius 2 is 1.76 bits per heavy atom. The van der Waals surface area contributed by atoms with Crippen LogP contribution in [0.15, 0.2) is 47.6 Å². The minimum atomic E-state index is -4.44. The smallest absolute Gasteiger partial charge is 0.325 e. The van der Waals surface area contributed by atoms with Gasteiger partial charge in [-0.25, -0.2) is 4.98 Å². The molecule has 0 saturated heterocycles. The van der Waals surface area contributed by atoms with Gasteiger partial charge < -0.3 is 5.32 Å². The highest BCUT2D eigenvalue weighted by atomic mass is 32.2. The van der Waals surface area contributed by atoms with E-state index in [4.69, 9.17) is 0 Å². The van der Waals surface area contributed by atoms with E-state index in [9.17, 15) is 22.8 Å². The van der Waals surface area contributed by atoms with Crippen LogP contribution in [0.5, 0.6) is 0 Å². The van der Waals surface area contributed by atoms with Crippen LogP contribution in [0.25, 0.3) is 0 Å². The fourth-order valence-corrected chi connectivity index (χ4v) is 2.67. The maximum atomic E-state index is 12.5. The highest BCUT2D eigenvalue weighted by Crippen LogP contribution is 2.30. The molecule has 2 aromatic rings. The summed E-state index contributed by atoms with van der Waals surface area (Å²) in [6.07, 6.45) is -3.70. The second kappa shape index (κ2) is 7.69. The molecular weight excluding hydrogens is 353 g/mol. The van der Waals surface area contributed by atoms with E-state index in [1.165, 1.54) is 13.0 Å². The lowest BCUT2D eigenvalue weighted by Gasteiger charge is -2.12. The molecule has 25 heavy (non-hydrogen) atoms. The number of hydrogen-bond acceptors (Lipinski definition) is 4. The van der Waals surface area contributed by atoms with Crippen LogP contribution in [0.2, 0.25) is 0 Å². The topological polar surface area (TPSA) is 59.1 Å². The average Bonchev–Trinajstić information content (AvgIpc) is 2.55. The van der Waals surface area contributed by atoms with Crippen molar-refractivity contribution < 1.29 is 22.8 Å². The molecule has 0 bridgehead atoms.